The number of aromatic hydroxyl groups is 1. The quantitative estimate of drug-likeness (QED) is 0.514. The minimum Gasteiger partial charge on any atom is -0.507 e. The van der Waals surface area contributed by atoms with Gasteiger partial charge < -0.3 is 14.6 Å². The van der Waals surface area contributed by atoms with Crippen LogP contribution < -0.4 is 14.9 Å². The maximum Gasteiger partial charge on any atom is 0.277 e. The lowest BCUT2D eigenvalue weighted by Gasteiger charge is -2.12. The number of phenolic OH excluding ortho intramolecular Hbond substituents is 1. The molecule has 0 fully saturated rings. The lowest BCUT2D eigenvalue weighted by molar-refractivity contribution is -0.123. The van der Waals surface area contributed by atoms with E-state index < -0.39 is 5.91 Å². The number of ether oxygens (including phenoxy) is 2. The van der Waals surface area contributed by atoms with Crippen molar-refractivity contribution in [3.8, 4) is 17.2 Å². The molecule has 24 heavy (non-hydrogen) atoms. The fraction of sp³-hybridized carbons (Fsp3) is 0.125. The summed E-state index contributed by atoms with van der Waals surface area (Å²) in [5.41, 5.74) is 2.82. The van der Waals surface area contributed by atoms with E-state index in [1.165, 1.54) is 19.4 Å². The normalized spacial score (nSPS) is 10.6. The minimum atomic E-state index is -0.446. The maximum absolute atomic E-state index is 11.8. The molecule has 2 aromatic carbocycles. The van der Waals surface area contributed by atoms with Gasteiger partial charge in [0.05, 0.1) is 17.8 Å². The van der Waals surface area contributed by atoms with Gasteiger partial charge in [-0.05, 0) is 40.2 Å². The van der Waals surface area contributed by atoms with Crippen LogP contribution in [0.15, 0.2) is 50.4 Å². The Morgan fingerprint density at radius 2 is 2.08 bits per heavy atom. The Kier molecular flexibility index (Phi) is 6.62. The molecule has 0 aliphatic carbocycles. The highest BCUT2D eigenvalue weighted by molar-refractivity contribution is 9.11. The van der Waals surface area contributed by atoms with E-state index in [-0.39, 0.29) is 12.4 Å². The fourth-order valence-corrected chi connectivity index (χ4v) is 3.07. The molecule has 6 nitrogen and oxygen atoms in total. The second-order valence-electron chi connectivity index (χ2n) is 4.56. The molecule has 8 heteroatoms. The predicted octanol–water partition coefficient (Wildman–Crippen LogP) is 3.45. The van der Waals surface area contributed by atoms with Crippen molar-refractivity contribution in [1.82, 2.24) is 5.43 Å². The van der Waals surface area contributed by atoms with Crippen molar-refractivity contribution in [2.24, 2.45) is 5.10 Å². The summed E-state index contributed by atoms with van der Waals surface area (Å²) >= 11 is 6.70. The highest BCUT2D eigenvalue weighted by Crippen LogP contribution is 2.38. The zero-order valence-corrected chi connectivity index (χ0v) is 15.8. The van der Waals surface area contributed by atoms with Crippen molar-refractivity contribution < 1.29 is 19.4 Å². The molecule has 2 N–H and O–H groups in total. The van der Waals surface area contributed by atoms with E-state index in [9.17, 15) is 9.90 Å². The summed E-state index contributed by atoms with van der Waals surface area (Å²) in [4.78, 5) is 11.8. The number of para-hydroxylation sites is 1. The van der Waals surface area contributed by atoms with Crippen molar-refractivity contribution >= 4 is 44.0 Å². The van der Waals surface area contributed by atoms with Gasteiger partial charge >= 0.3 is 0 Å². The van der Waals surface area contributed by atoms with Crippen LogP contribution in [0, 0.1) is 0 Å². The lowest BCUT2D eigenvalue weighted by atomic mass is 10.2. The Labute approximate surface area is 155 Å². The summed E-state index contributed by atoms with van der Waals surface area (Å²) < 4.78 is 12.2. The molecule has 0 unspecified atom stereocenters. The summed E-state index contributed by atoms with van der Waals surface area (Å²) in [7, 11) is 1.51. The lowest BCUT2D eigenvalue weighted by Crippen LogP contribution is -2.24. The molecule has 0 aromatic heterocycles. The second kappa shape index (κ2) is 8.70. The second-order valence-corrected chi connectivity index (χ2v) is 6.33. The number of hydrazone groups is 1. The number of halogens is 2. The van der Waals surface area contributed by atoms with Gasteiger partial charge in [-0.25, -0.2) is 5.43 Å². The van der Waals surface area contributed by atoms with Crippen LogP contribution in [0.5, 0.6) is 17.2 Å². The van der Waals surface area contributed by atoms with Gasteiger partial charge in [0, 0.05) is 10.0 Å². The van der Waals surface area contributed by atoms with E-state index in [0.717, 1.165) is 4.47 Å². The van der Waals surface area contributed by atoms with Gasteiger partial charge in [0.1, 0.15) is 5.75 Å². The van der Waals surface area contributed by atoms with Crippen LogP contribution in [0.3, 0.4) is 0 Å². The maximum atomic E-state index is 11.8. The van der Waals surface area contributed by atoms with Crippen LogP contribution >= 0.6 is 31.9 Å². The summed E-state index contributed by atoms with van der Waals surface area (Å²) in [6.45, 7) is -0.241. The molecule has 0 saturated carbocycles. The third-order valence-electron chi connectivity index (χ3n) is 2.87. The third-order valence-corrected chi connectivity index (χ3v) is 3.92. The number of carbonyl (C=O) groups excluding carboxylic acids is 1. The number of hydrogen-bond acceptors (Lipinski definition) is 5. The van der Waals surface area contributed by atoms with E-state index >= 15 is 0 Å². The van der Waals surface area contributed by atoms with Gasteiger partial charge in [-0.2, -0.15) is 5.10 Å². The monoisotopic (exact) mass is 456 g/mol. The van der Waals surface area contributed by atoms with Crippen LogP contribution in [0.1, 0.15) is 5.56 Å². The topological polar surface area (TPSA) is 80.2 Å². The largest absolute Gasteiger partial charge is 0.507 e. The number of carbonyl (C=O) groups is 1. The molecule has 0 radical (unpaired) electrons. The van der Waals surface area contributed by atoms with E-state index in [1.54, 1.807) is 30.3 Å². The first-order chi connectivity index (χ1) is 11.5. The Morgan fingerprint density at radius 1 is 1.33 bits per heavy atom. The van der Waals surface area contributed by atoms with E-state index in [1.807, 2.05) is 0 Å². The van der Waals surface area contributed by atoms with Crippen molar-refractivity contribution in [1.29, 1.82) is 0 Å². The molecular formula is C16H14Br2N2O4. The van der Waals surface area contributed by atoms with Crippen molar-refractivity contribution in [2.45, 2.75) is 0 Å². The van der Waals surface area contributed by atoms with Gasteiger partial charge in [0.25, 0.3) is 5.91 Å². The molecule has 0 aliphatic heterocycles. The molecule has 0 heterocycles. The van der Waals surface area contributed by atoms with Gasteiger partial charge in [-0.3, -0.25) is 4.79 Å². The number of benzene rings is 2. The van der Waals surface area contributed by atoms with Gasteiger partial charge in [0.2, 0.25) is 0 Å². The van der Waals surface area contributed by atoms with Crippen molar-refractivity contribution in [3.63, 3.8) is 0 Å². The van der Waals surface area contributed by atoms with Gasteiger partial charge in [-0.1, -0.05) is 28.1 Å². The number of nitrogens with one attached hydrogen (secondary N) is 1. The van der Waals surface area contributed by atoms with Gasteiger partial charge in [0.15, 0.2) is 18.1 Å². The highest BCUT2D eigenvalue weighted by Gasteiger charge is 2.12. The third kappa shape index (κ3) is 4.97. The Balaban J connectivity index is 1.93. The van der Waals surface area contributed by atoms with Gasteiger partial charge in [-0.15, -0.1) is 0 Å². The Bertz CT molecular complexity index is 766. The molecular weight excluding hydrogens is 444 g/mol. The predicted molar refractivity (Wildman–Crippen MR) is 97.7 cm³/mol. The molecule has 126 valence electrons. The number of phenols is 1. The van der Waals surface area contributed by atoms with Crippen molar-refractivity contribution in [3.05, 3.63) is 50.9 Å². The molecule has 0 atom stereocenters. The minimum absolute atomic E-state index is 0.0790. The first kappa shape index (κ1) is 18.3. The number of rotatable bonds is 6. The van der Waals surface area contributed by atoms with Crippen LogP contribution in [-0.4, -0.2) is 30.9 Å². The standard InChI is InChI=1S/C16H14Br2N2O4/c1-23-14-7-11(17)6-12(18)16(14)24-9-15(22)20-19-8-10-4-2-3-5-13(10)21/h2-8,21H,9H2,1H3,(H,20,22). The highest BCUT2D eigenvalue weighted by atomic mass is 79.9. The van der Waals surface area contributed by atoms with Crippen LogP contribution in [0.25, 0.3) is 0 Å². The van der Waals surface area contributed by atoms with Crippen LogP contribution in [-0.2, 0) is 4.79 Å². The Hall–Kier alpha value is -2.06. The van der Waals surface area contributed by atoms with E-state index in [2.05, 4.69) is 42.4 Å². The number of methoxy groups -OCH3 is 1. The number of amides is 1. The molecule has 2 aromatic rings. The number of hydrogen-bond donors (Lipinski definition) is 2. The molecule has 1 amide bonds. The molecule has 0 saturated heterocycles. The molecule has 0 spiro atoms. The van der Waals surface area contributed by atoms with E-state index in [4.69, 9.17) is 9.47 Å². The number of nitrogens with zero attached hydrogens (tertiary/aromatic N) is 1. The average Bonchev–Trinajstić information content (AvgIpc) is 2.55. The van der Waals surface area contributed by atoms with Crippen molar-refractivity contribution in [2.75, 3.05) is 13.7 Å². The smallest absolute Gasteiger partial charge is 0.277 e. The average molecular weight is 458 g/mol. The SMILES string of the molecule is COc1cc(Br)cc(Br)c1OCC(=O)NN=Cc1ccccc1O. The molecule has 0 bridgehead atoms. The Morgan fingerprint density at radius 3 is 2.79 bits per heavy atom. The first-order valence-corrected chi connectivity index (χ1v) is 8.35. The fourth-order valence-electron chi connectivity index (χ4n) is 1.77. The summed E-state index contributed by atoms with van der Waals surface area (Å²) in [6.07, 6.45) is 1.35. The zero-order chi connectivity index (χ0) is 17.5. The summed E-state index contributed by atoms with van der Waals surface area (Å²) in [6, 6.07) is 10.2. The summed E-state index contributed by atoms with van der Waals surface area (Å²) in [5, 5.41) is 13.4. The van der Waals surface area contributed by atoms with E-state index in [0.29, 0.717) is 21.5 Å². The van der Waals surface area contributed by atoms with Crippen LogP contribution in [0.4, 0.5) is 0 Å². The first-order valence-electron chi connectivity index (χ1n) is 6.77. The zero-order valence-electron chi connectivity index (χ0n) is 12.6. The summed E-state index contributed by atoms with van der Waals surface area (Å²) in [5.74, 6) is 0.538. The molecule has 0 aliphatic rings. The molecule has 2 rings (SSSR count). The van der Waals surface area contributed by atoms with Crippen LogP contribution in [0.2, 0.25) is 0 Å².